The van der Waals surface area contributed by atoms with Gasteiger partial charge in [0.25, 0.3) is 0 Å². The number of methoxy groups -OCH3 is 1. The molecule has 0 saturated carbocycles. The Bertz CT molecular complexity index is 2180. The molecular formula is C40H36N4O2Pt. The zero-order valence-electron chi connectivity index (χ0n) is 27.3. The van der Waals surface area contributed by atoms with E-state index in [-0.39, 0.29) is 21.1 Å². The van der Waals surface area contributed by atoms with Crippen molar-refractivity contribution in [3.05, 3.63) is 126 Å². The topological polar surface area (TPSA) is 54.1 Å². The van der Waals surface area contributed by atoms with Gasteiger partial charge in [-0.3, -0.25) is 4.68 Å². The minimum atomic E-state index is 0. The summed E-state index contributed by atoms with van der Waals surface area (Å²) in [6.45, 7) is 11.2. The van der Waals surface area contributed by atoms with Gasteiger partial charge in [-0.05, 0) is 58.7 Å². The van der Waals surface area contributed by atoms with Crippen LogP contribution in [0.4, 0.5) is 0 Å². The maximum Gasteiger partial charge on any atom is 2.00 e. The van der Waals surface area contributed by atoms with Crippen LogP contribution in [-0.2, 0) is 21.1 Å². The Kier molecular flexibility index (Phi) is 9.07. The van der Waals surface area contributed by atoms with Gasteiger partial charge >= 0.3 is 21.1 Å². The fraction of sp³-hybridized carbons (Fsp3) is 0.200. The summed E-state index contributed by atoms with van der Waals surface area (Å²) in [4.78, 5) is 4.65. The molecule has 0 aliphatic rings. The zero-order valence-corrected chi connectivity index (χ0v) is 29.6. The molecule has 0 unspecified atom stereocenters. The van der Waals surface area contributed by atoms with E-state index in [0.717, 1.165) is 44.6 Å². The molecule has 7 rings (SSSR count). The average molecular weight is 800 g/mol. The maximum absolute atomic E-state index is 6.38. The smallest absolute Gasteiger partial charge is 0.509 e. The summed E-state index contributed by atoms with van der Waals surface area (Å²) in [5.41, 5.74) is 9.05. The van der Waals surface area contributed by atoms with Crippen LogP contribution in [0.25, 0.3) is 44.4 Å². The molecule has 0 radical (unpaired) electrons. The number of aryl methyl sites for hydroxylation is 1. The molecule has 3 heterocycles. The summed E-state index contributed by atoms with van der Waals surface area (Å²) in [5.74, 6) is 3.43. The Labute approximate surface area is 290 Å². The molecule has 6 nitrogen and oxygen atoms in total. The van der Waals surface area contributed by atoms with E-state index in [1.165, 1.54) is 22.3 Å². The largest absolute Gasteiger partial charge is 2.00 e. The first-order valence-corrected chi connectivity index (χ1v) is 15.7. The van der Waals surface area contributed by atoms with Gasteiger partial charge in [0.1, 0.15) is 11.6 Å². The molecule has 0 atom stereocenters. The molecule has 7 heteroatoms. The van der Waals surface area contributed by atoms with Gasteiger partial charge in [-0.1, -0.05) is 69.1 Å². The summed E-state index contributed by atoms with van der Waals surface area (Å²) < 4.78 is 15.8. The number of para-hydroxylation sites is 1. The van der Waals surface area contributed by atoms with E-state index in [0.29, 0.717) is 23.3 Å². The van der Waals surface area contributed by atoms with Crippen molar-refractivity contribution in [3.8, 4) is 39.9 Å². The normalized spacial score (nSPS) is 11.4. The van der Waals surface area contributed by atoms with Gasteiger partial charge in [-0.25, -0.2) is 4.98 Å². The predicted molar refractivity (Wildman–Crippen MR) is 185 cm³/mol. The third-order valence-electron chi connectivity index (χ3n) is 8.42. The van der Waals surface area contributed by atoms with Crippen molar-refractivity contribution in [2.75, 3.05) is 7.11 Å². The molecule has 0 spiro atoms. The van der Waals surface area contributed by atoms with E-state index in [9.17, 15) is 0 Å². The molecule has 7 aromatic rings. The number of fused-ring (bicyclic) bond motifs is 3. The van der Waals surface area contributed by atoms with Crippen LogP contribution in [0.15, 0.2) is 97.5 Å². The van der Waals surface area contributed by atoms with Crippen LogP contribution >= 0.6 is 0 Å². The number of pyridine rings is 1. The second-order valence-electron chi connectivity index (χ2n) is 12.3. The number of aromatic nitrogens is 4. The maximum atomic E-state index is 6.38. The standard InChI is InChI=1S/C40H36N4O2.Pt/c1-25(2)35-18-27(5)19-36(26(3)4)40(35)28-23-42-43(24-28)29-10-9-11-31(20-29)46-32-14-15-34-33-12-7-8-13-37(33)44(38(34)21-32)39-22-30(45-6)16-17-41-39;/h7-19,22-26H,1-6H3;/q-2;+2. The molecule has 0 aliphatic heterocycles. The number of rotatable bonds is 8. The molecule has 0 amide bonds. The Morgan fingerprint density at radius 1 is 0.787 bits per heavy atom. The molecule has 0 aliphatic carbocycles. The molecule has 0 N–H and O–H groups in total. The molecule has 0 bridgehead atoms. The number of hydrogen-bond acceptors (Lipinski definition) is 4. The third-order valence-corrected chi connectivity index (χ3v) is 8.42. The van der Waals surface area contributed by atoms with Crippen LogP contribution in [0.5, 0.6) is 17.2 Å². The van der Waals surface area contributed by atoms with Crippen molar-refractivity contribution in [2.45, 2.75) is 46.5 Å². The number of ether oxygens (including phenoxy) is 2. The Hall–Kier alpha value is -4.67. The number of hydrogen-bond donors (Lipinski definition) is 0. The van der Waals surface area contributed by atoms with Gasteiger partial charge in [0.05, 0.1) is 13.3 Å². The summed E-state index contributed by atoms with van der Waals surface area (Å²) in [5, 5.41) is 6.94. The van der Waals surface area contributed by atoms with Crippen molar-refractivity contribution in [1.82, 2.24) is 19.3 Å². The molecule has 0 saturated heterocycles. The van der Waals surface area contributed by atoms with Crippen LogP contribution < -0.4 is 9.47 Å². The minimum absolute atomic E-state index is 0. The number of nitrogens with zero attached hydrogens (tertiary/aromatic N) is 4. The summed E-state index contributed by atoms with van der Waals surface area (Å²) in [6.07, 6.45) is 5.80. The second-order valence-corrected chi connectivity index (χ2v) is 12.3. The molecule has 3 aromatic heterocycles. The monoisotopic (exact) mass is 799 g/mol. The Balaban J connectivity index is 0.00000386. The summed E-state index contributed by atoms with van der Waals surface area (Å²) in [7, 11) is 1.66. The van der Waals surface area contributed by atoms with Gasteiger partial charge in [-0.2, -0.15) is 17.2 Å². The predicted octanol–water partition coefficient (Wildman–Crippen LogP) is 9.99. The van der Waals surface area contributed by atoms with Crippen LogP contribution in [0.2, 0.25) is 0 Å². The van der Waals surface area contributed by atoms with E-state index in [2.05, 4.69) is 92.8 Å². The van der Waals surface area contributed by atoms with Gasteiger partial charge in [0.2, 0.25) is 0 Å². The molecule has 4 aromatic carbocycles. The van der Waals surface area contributed by atoms with Crippen molar-refractivity contribution in [3.63, 3.8) is 0 Å². The van der Waals surface area contributed by atoms with E-state index in [1.54, 1.807) is 13.3 Å². The van der Waals surface area contributed by atoms with Gasteiger partial charge in [0, 0.05) is 41.0 Å². The summed E-state index contributed by atoms with van der Waals surface area (Å²) >= 11 is 0. The van der Waals surface area contributed by atoms with Crippen LogP contribution in [-0.4, -0.2) is 26.4 Å². The molecule has 0 fully saturated rings. The quantitative estimate of drug-likeness (QED) is 0.144. The molecule has 47 heavy (non-hydrogen) atoms. The van der Waals surface area contributed by atoms with Crippen molar-refractivity contribution < 1.29 is 30.5 Å². The Morgan fingerprint density at radius 2 is 1.53 bits per heavy atom. The van der Waals surface area contributed by atoms with Gasteiger partial charge < -0.3 is 14.0 Å². The van der Waals surface area contributed by atoms with E-state index < -0.39 is 0 Å². The van der Waals surface area contributed by atoms with Gasteiger partial charge in [0.15, 0.2) is 0 Å². The second kappa shape index (κ2) is 13.2. The van der Waals surface area contributed by atoms with Crippen molar-refractivity contribution in [1.29, 1.82) is 0 Å². The Morgan fingerprint density at radius 3 is 2.28 bits per heavy atom. The third kappa shape index (κ3) is 6.10. The fourth-order valence-corrected chi connectivity index (χ4v) is 6.24. The molecule has 238 valence electrons. The SMILES string of the molecule is COc1ccnc(-n2c3[c-]c(Oc4[c-]c(-n5cc(-c6c(C(C)C)cc(C)cc6C(C)C)cn5)ccc4)ccc3c3ccccc32)c1.[Pt+2]. The van der Waals surface area contributed by atoms with Crippen LogP contribution in [0.1, 0.15) is 56.2 Å². The number of benzene rings is 4. The van der Waals surface area contributed by atoms with Crippen molar-refractivity contribution >= 4 is 21.8 Å². The fourth-order valence-electron chi connectivity index (χ4n) is 6.24. The minimum Gasteiger partial charge on any atom is -0.509 e. The first-order chi connectivity index (χ1) is 22.3. The first-order valence-electron chi connectivity index (χ1n) is 15.7. The zero-order chi connectivity index (χ0) is 31.9. The summed E-state index contributed by atoms with van der Waals surface area (Å²) in [6, 6.07) is 33.5. The van der Waals surface area contributed by atoms with E-state index in [1.807, 2.05) is 59.4 Å². The van der Waals surface area contributed by atoms with Crippen LogP contribution in [0.3, 0.4) is 0 Å². The van der Waals surface area contributed by atoms with Crippen LogP contribution in [0, 0.1) is 19.1 Å². The van der Waals surface area contributed by atoms with Crippen molar-refractivity contribution in [2.24, 2.45) is 0 Å². The molecular weight excluding hydrogens is 764 g/mol. The average Bonchev–Trinajstić information content (AvgIpc) is 3.67. The van der Waals surface area contributed by atoms with Gasteiger partial charge in [-0.15, -0.1) is 35.7 Å². The van der Waals surface area contributed by atoms with E-state index >= 15 is 0 Å². The van der Waals surface area contributed by atoms with E-state index in [4.69, 9.17) is 14.6 Å². The first kappa shape index (κ1) is 32.3.